The molecule has 0 aliphatic rings. The largest absolute Gasteiger partial charge is 0.412 e. The molecule has 0 saturated heterocycles. The van der Waals surface area contributed by atoms with Crippen LogP contribution in [0.1, 0.15) is 27.7 Å². The number of halogens is 1. The van der Waals surface area contributed by atoms with Crippen molar-refractivity contribution in [3.8, 4) is 0 Å². The first kappa shape index (κ1) is 59.2. The quantitative estimate of drug-likeness (QED) is 0.365. The summed E-state index contributed by atoms with van der Waals surface area (Å²) >= 11 is 0. The van der Waals surface area contributed by atoms with Crippen LogP contribution in [0.25, 0.3) is 0 Å². The molecule has 12 nitrogen and oxygen atoms in total. The molecular formula is C6H29ClCuN2O10. The molecule has 0 unspecified atom stereocenters. The van der Waals surface area contributed by atoms with E-state index in [0.29, 0.717) is 0 Å². The molecule has 0 aromatic rings. The minimum Gasteiger partial charge on any atom is -0.412 e. The Morgan fingerprint density at radius 1 is 0.700 bits per heavy atom. The van der Waals surface area contributed by atoms with Gasteiger partial charge in [0.15, 0.2) is 0 Å². The molecule has 0 amide bonds. The molecule has 0 saturated carbocycles. The molecule has 0 spiro atoms. The molecule has 0 aromatic heterocycles. The molecule has 0 aliphatic heterocycles. The molecule has 0 aliphatic carbocycles. The van der Waals surface area contributed by atoms with E-state index >= 15 is 0 Å². The van der Waals surface area contributed by atoms with Crippen molar-refractivity contribution in [3.63, 3.8) is 0 Å². The fourth-order valence-electron chi connectivity index (χ4n) is 0. The first-order chi connectivity index (χ1) is 5.25. The zero-order valence-electron chi connectivity index (χ0n) is 11.5. The van der Waals surface area contributed by atoms with Crippen LogP contribution >= 0.6 is 0 Å². The second kappa shape index (κ2) is 19.3. The van der Waals surface area contributed by atoms with Crippen LogP contribution in [0.4, 0.5) is 0 Å². The fourth-order valence-corrected chi connectivity index (χ4v) is 0. The van der Waals surface area contributed by atoms with Crippen LogP contribution in [0.5, 0.6) is 0 Å². The van der Waals surface area contributed by atoms with Gasteiger partial charge >= 0.3 is 0 Å². The van der Waals surface area contributed by atoms with Gasteiger partial charge in [0, 0.05) is 28.1 Å². The van der Waals surface area contributed by atoms with Crippen molar-refractivity contribution in [1.82, 2.24) is 0 Å². The molecule has 0 fully saturated rings. The first-order valence-corrected chi connectivity index (χ1v) is 4.72. The van der Waals surface area contributed by atoms with E-state index in [2.05, 4.69) is 0 Å². The zero-order valence-corrected chi connectivity index (χ0v) is 13.2. The summed E-state index contributed by atoms with van der Waals surface area (Å²) in [5.74, 6) is 0. The van der Waals surface area contributed by atoms with E-state index in [1.807, 2.05) is 27.7 Å². The number of hydrogen-bond donors (Lipinski definition) is 3. The van der Waals surface area contributed by atoms with Crippen LogP contribution in [0, 0.1) is 10.2 Å². The minimum absolute atomic E-state index is 0. The van der Waals surface area contributed by atoms with Crippen molar-refractivity contribution < 1.29 is 78.8 Å². The Labute approximate surface area is 129 Å². The van der Waals surface area contributed by atoms with Crippen molar-refractivity contribution in [1.29, 1.82) is 0 Å². The van der Waals surface area contributed by atoms with Crippen molar-refractivity contribution >= 4 is 0 Å². The second-order valence-corrected chi connectivity index (χ2v) is 4.63. The monoisotopic (exact) mass is 387 g/mol. The topological polar surface area (TPSA) is 330 Å². The van der Waals surface area contributed by atoms with E-state index in [1.165, 1.54) is 0 Å². The van der Waals surface area contributed by atoms with Crippen LogP contribution in [0.2, 0.25) is 0 Å². The molecule has 0 atom stereocenters. The maximum absolute atomic E-state index is 8.60. The summed E-state index contributed by atoms with van der Waals surface area (Å²) in [6.45, 7) is 7.69. The molecular weight excluding hydrogens is 359 g/mol. The molecule has 17 N–H and O–H groups in total. The summed E-state index contributed by atoms with van der Waals surface area (Å²) < 4.78 is 32.7. The summed E-state index contributed by atoms with van der Waals surface area (Å²) in [7, 11) is -4.69. The van der Waals surface area contributed by atoms with Crippen molar-refractivity contribution in [2.24, 2.45) is 11.5 Å². The SMILES string of the molecule is CC(C)(N)C(C)(C)N.O.O.O.O.O.O.[Cu].[O-][Cl+3]([O-])([O-])O. The van der Waals surface area contributed by atoms with Gasteiger partial charge < -0.3 is 44.3 Å². The average Bonchev–Trinajstić information content (AvgIpc) is 1.50. The molecule has 1 radical (unpaired) electrons. The van der Waals surface area contributed by atoms with Gasteiger partial charge in [-0.05, 0) is 27.7 Å². The Hall–Kier alpha value is 0.329. The molecule has 0 aromatic carbocycles. The van der Waals surface area contributed by atoms with E-state index in [-0.39, 0.29) is 61.0 Å². The molecule has 0 rings (SSSR count). The Kier molecular flexibility index (Phi) is 57.2. The van der Waals surface area contributed by atoms with Gasteiger partial charge in [-0.2, -0.15) is 14.0 Å². The normalized spacial score (nSPS) is 8.70. The third-order valence-electron chi connectivity index (χ3n) is 1.66. The van der Waals surface area contributed by atoms with Crippen molar-refractivity contribution in [2.75, 3.05) is 0 Å². The van der Waals surface area contributed by atoms with Gasteiger partial charge in [0.25, 0.3) is 0 Å². The van der Waals surface area contributed by atoms with Gasteiger partial charge in [-0.25, -0.2) is 0 Å². The number of rotatable bonds is 1. The van der Waals surface area contributed by atoms with Gasteiger partial charge in [0.1, 0.15) is 0 Å². The molecule has 0 bridgehead atoms. The molecule has 141 valence electrons. The van der Waals surface area contributed by atoms with Gasteiger partial charge in [0.2, 0.25) is 0 Å². The summed E-state index contributed by atoms with van der Waals surface area (Å²) in [6, 6.07) is 0. The summed E-state index contributed by atoms with van der Waals surface area (Å²) in [6.07, 6.45) is 0. The van der Waals surface area contributed by atoms with Gasteiger partial charge in [0.05, 0.1) is 14.9 Å². The van der Waals surface area contributed by atoms with Crippen LogP contribution in [0.15, 0.2) is 0 Å². The Balaban J connectivity index is -0.0000000134. The predicted molar refractivity (Wildman–Crippen MR) is 60.4 cm³/mol. The van der Waals surface area contributed by atoms with E-state index in [0.717, 1.165) is 0 Å². The van der Waals surface area contributed by atoms with Gasteiger partial charge in [-0.3, -0.25) is 0 Å². The van der Waals surface area contributed by atoms with Gasteiger partial charge in [-0.15, -0.1) is 0 Å². The van der Waals surface area contributed by atoms with Crippen LogP contribution in [-0.4, -0.2) is 48.6 Å². The van der Waals surface area contributed by atoms with Crippen molar-refractivity contribution in [3.05, 3.63) is 0 Å². The third kappa shape index (κ3) is 63.2. The summed E-state index contributed by atoms with van der Waals surface area (Å²) in [5.41, 5.74) is 10.8. The van der Waals surface area contributed by atoms with Crippen LogP contribution in [-0.2, 0) is 17.1 Å². The molecule has 20 heavy (non-hydrogen) atoms. The van der Waals surface area contributed by atoms with E-state index in [1.54, 1.807) is 0 Å². The second-order valence-electron chi connectivity index (χ2n) is 3.84. The Bertz CT molecular complexity index is 139. The minimum atomic E-state index is -4.69. The first-order valence-electron chi connectivity index (χ1n) is 3.46. The number of hydrogen-bond acceptors (Lipinski definition) is 6. The average molecular weight is 388 g/mol. The Morgan fingerprint density at radius 3 is 0.750 bits per heavy atom. The Morgan fingerprint density at radius 2 is 0.750 bits per heavy atom. The number of nitrogens with two attached hydrogens (primary N) is 2. The standard InChI is InChI=1S/C6H16N2.ClHO4.Cu.6H2O/c1-5(2,7)6(3,4)8;2-1(3,4)5;;;;;;;/h7-8H2,1-4H3;(H,2,3,4,5);;6*1H2. The maximum Gasteiger partial charge on any atom is 0.0777 e. The maximum atomic E-state index is 8.60. The van der Waals surface area contributed by atoms with Crippen LogP contribution in [0.3, 0.4) is 0 Å². The molecule has 14 heteroatoms. The summed E-state index contributed by atoms with van der Waals surface area (Å²) in [4.78, 5) is 0. The van der Waals surface area contributed by atoms with Crippen molar-refractivity contribution in [2.45, 2.75) is 38.8 Å². The van der Waals surface area contributed by atoms with Crippen LogP contribution < -0.4 is 25.4 Å². The summed E-state index contributed by atoms with van der Waals surface area (Å²) in [5, 5.41) is 0. The van der Waals surface area contributed by atoms with Gasteiger partial charge in [-0.1, -0.05) is 0 Å². The smallest absolute Gasteiger partial charge is 0.0777 e. The third-order valence-corrected chi connectivity index (χ3v) is 1.66. The van der Waals surface area contributed by atoms with E-state index in [9.17, 15) is 0 Å². The van der Waals surface area contributed by atoms with E-state index < -0.39 is 10.2 Å². The molecule has 0 heterocycles. The fraction of sp³-hybridized carbons (Fsp3) is 1.00. The predicted octanol–water partition coefficient (Wildman–Crippen LogP) is -8.61. The zero-order chi connectivity index (χ0) is 11.5. The van der Waals surface area contributed by atoms with E-state index in [4.69, 9.17) is 30.1 Å².